The van der Waals surface area contributed by atoms with Crippen molar-refractivity contribution >= 4 is 0 Å². The average molecular weight is 188 g/mol. The van der Waals surface area contributed by atoms with E-state index >= 15 is 0 Å². The predicted octanol–water partition coefficient (Wildman–Crippen LogP) is 0.690. The third-order valence-electron chi connectivity index (χ3n) is 2.26. The summed E-state index contributed by atoms with van der Waals surface area (Å²) in [6.45, 7) is 9.92. The first kappa shape index (κ1) is 12.9. The standard InChI is InChI=1S/C10H24N2O/c1-3-12(4-2)9-6-5-7-11-8-10-13/h11,13H,3-10H2,1-2H3. The molecule has 0 aliphatic carbocycles. The van der Waals surface area contributed by atoms with Crippen LogP contribution < -0.4 is 5.32 Å². The molecule has 13 heavy (non-hydrogen) atoms. The lowest BCUT2D eigenvalue weighted by Gasteiger charge is -2.17. The first-order chi connectivity index (χ1) is 6.35. The van der Waals surface area contributed by atoms with Crippen LogP contribution in [-0.4, -0.2) is 49.3 Å². The normalized spacial score (nSPS) is 11.1. The summed E-state index contributed by atoms with van der Waals surface area (Å²) in [5, 5.41) is 11.7. The molecule has 3 nitrogen and oxygen atoms in total. The number of hydrogen-bond acceptors (Lipinski definition) is 3. The Hall–Kier alpha value is -0.120. The summed E-state index contributed by atoms with van der Waals surface area (Å²) in [5.41, 5.74) is 0. The van der Waals surface area contributed by atoms with Crippen molar-refractivity contribution in [2.24, 2.45) is 0 Å². The summed E-state index contributed by atoms with van der Waals surface area (Å²) < 4.78 is 0. The average Bonchev–Trinajstić information content (AvgIpc) is 2.17. The Kier molecular flexibility index (Phi) is 9.87. The van der Waals surface area contributed by atoms with Crippen LogP contribution in [0.2, 0.25) is 0 Å². The van der Waals surface area contributed by atoms with Gasteiger partial charge in [0.05, 0.1) is 6.61 Å². The number of unbranched alkanes of at least 4 members (excludes halogenated alkanes) is 1. The second-order valence-corrected chi connectivity index (χ2v) is 3.21. The lowest BCUT2D eigenvalue weighted by Crippen LogP contribution is -2.25. The summed E-state index contributed by atoms with van der Waals surface area (Å²) >= 11 is 0. The van der Waals surface area contributed by atoms with Crippen LogP contribution in [0.5, 0.6) is 0 Å². The van der Waals surface area contributed by atoms with Gasteiger partial charge in [0.25, 0.3) is 0 Å². The smallest absolute Gasteiger partial charge is 0.0555 e. The lowest BCUT2D eigenvalue weighted by atomic mass is 10.3. The monoisotopic (exact) mass is 188 g/mol. The first-order valence-electron chi connectivity index (χ1n) is 5.39. The summed E-state index contributed by atoms with van der Waals surface area (Å²) in [6, 6.07) is 0. The second kappa shape index (κ2) is 9.96. The van der Waals surface area contributed by atoms with Crippen molar-refractivity contribution < 1.29 is 5.11 Å². The molecule has 0 bridgehead atoms. The summed E-state index contributed by atoms with van der Waals surface area (Å²) in [6.07, 6.45) is 2.45. The van der Waals surface area contributed by atoms with Crippen molar-refractivity contribution in [2.45, 2.75) is 26.7 Å². The maximum Gasteiger partial charge on any atom is 0.0555 e. The molecule has 0 fully saturated rings. The largest absolute Gasteiger partial charge is 0.395 e. The Morgan fingerprint density at radius 3 is 2.31 bits per heavy atom. The third kappa shape index (κ3) is 8.22. The van der Waals surface area contributed by atoms with E-state index in [-0.39, 0.29) is 6.61 Å². The quantitative estimate of drug-likeness (QED) is 0.523. The van der Waals surface area contributed by atoms with Crippen molar-refractivity contribution in [1.29, 1.82) is 0 Å². The maximum atomic E-state index is 8.52. The Labute approximate surface area is 82.1 Å². The van der Waals surface area contributed by atoms with Crippen LogP contribution in [0.3, 0.4) is 0 Å². The van der Waals surface area contributed by atoms with Crippen LogP contribution in [0.25, 0.3) is 0 Å². The highest BCUT2D eigenvalue weighted by molar-refractivity contribution is 4.54. The molecule has 0 saturated heterocycles. The van der Waals surface area contributed by atoms with Gasteiger partial charge < -0.3 is 15.3 Å². The summed E-state index contributed by atoms with van der Waals surface area (Å²) in [5.74, 6) is 0. The van der Waals surface area contributed by atoms with Gasteiger partial charge in [0, 0.05) is 6.54 Å². The number of nitrogens with one attached hydrogen (secondary N) is 1. The van der Waals surface area contributed by atoms with Gasteiger partial charge in [-0.3, -0.25) is 0 Å². The fourth-order valence-corrected chi connectivity index (χ4v) is 1.33. The highest BCUT2D eigenvalue weighted by Gasteiger charge is 1.97. The van der Waals surface area contributed by atoms with E-state index < -0.39 is 0 Å². The molecule has 0 aliphatic rings. The zero-order valence-corrected chi connectivity index (χ0v) is 9.05. The van der Waals surface area contributed by atoms with Crippen LogP contribution in [0.15, 0.2) is 0 Å². The van der Waals surface area contributed by atoms with Crippen LogP contribution in [0, 0.1) is 0 Å². The van der Waals surface area contributed by atoms with E-state index in [1.54, 1.807) is 0 Å². The molecular formula is C10H24N2O. The van der Waals surface area contributed by atoms with Gasteiger partial charge in [-0.15, -0.1) is 0 Å². The van der Waals surface area contributed by atoms with E-state index in [1.807, 2.05) is 0 Å². The number of nitrogens with zero attached hydrogens (tertiary/aromatic N) is 1. The van der Waals surface area contributed by atoms with E-state index in [0.29, 0.717) is 0 Å². The molecule has 0 aliphatic heterocycles. The topological polar surface area (TPSA) is 35.5 Å². The minimum atomic E-state index is 0.246. The van der Waals surface area contributed by atoms with Crippen molar-refractivity contribution in [3.8, 4) is 0 Å². The van der Waals surface area contributed by atoms with E-state index in [0.717, 1.165) is 26.2 Å². The van der Waals surface area contributed by atoms with Crippen LogP contribution in [-0.2, 0) is 0 Å². The molecule has 0 unspecified atom stereocenters. The minimum Gasteiger partial charge on any atom is -0.395 e. The highest BCUT2D eigenvalue weighted by atomic mass is 16.3. The predicted molar refractivity (Wildman–Crippen MR) is 57.0 cm³/mol. The van der Waals surface area contributed by atoms with E-state index in [2.05, 4.69) is 24.1 Å². The lowest BCUT2D eigenvalue weighted by molar-refractivity contribution is 0.285. The van der Waals surface area contributed by atoms with Gasteiger partial charge in [-0.2, -0.15) is 0 Å². The molecule has 0 atom stereocenters. The van der Waals surface area contributed by atoms with E-state index in [1.165, 1.54) is 19.4 Å². The van der Waals surface area contributed by atoms with Crippen LogP contribution in [0.1, 0.15) is 26.7 Å². The Morgan fingerprint density at radius 1 is 1.08 bits per heavy atom. The fourth-order valence-electron chi connectivity index (χ4n) is 1.33. The number of aliphatic hydroxyl groups excluding tert-OH is 1. The molecule has 0 spiro atoms. The molecular weight excluding hydrogens is 164 g/mol. The molecule has 0 aromatic heterocycles. The Balaban J connectivity index is 3.05. The molecule has 0 aromatic carbocycles. The fraction of sp³-hybridized carbons (Fsp3) is 1.00. The van der Waals surface area contributed by atoms with Gasteiger partial charge in [0.2, 0.25) is 0 Å². The molecule has 0 rings (SSSR count). The molecule has 0 radical (unpaired) electrons. The Bertz CT molecular complexity index is 94.9. The highest BCUT2D eigenvalue weighted by Crippen LogP contribution is 1.93. The second-order valence-electron chi connectivity index (χ2n) is 3.21. The zero-order chi connectivity index (χ0) is 9.94. The third-order valence-corrected chi connectivity index (χ3v) is 2.26. The Morgan fingerprint density at radius 2 is 1.77 bits per heavy atom. The SMILES string of the molecule is CCN(CC)CCCCNCCO. The number of rotatable bonds is 9. The first-order valence-corrected chi connectivity index (χ1v) is 5.39. The van der Waals surface area contributed by atoms with Crippen molar-refractivity contribution in [3.63, 3.8) is 0 Å². The number of hydrogen-bond donors (Lipinski definition) is 2. The van der Waals surface area contributed by atoms with Gasteiger partial charge in [-0.25, -0.2) is 0 Å². The van der Waals surface area contributed by atoms with E-state index in [9.17, 15) is 0 Å². The molecule has 3 heteroatoms. The molecule has 0 heterocycles. The summed E-state index contributed by atoms with van der Waals surface area (Å²) in [7, 11) is 0. The van der Waals surface area contributed by atoms with Gasteiger partial charge in [-0.05, 0) is 39.0 Å². The van der Waals surface area contributed by atoms with Crippen LogP contribution >= 0.6 is 0 Å². The van der Waals surface area contributed by atoms with Gasteiger partial charge in [0.1, 0.15) is 0 Å². The number of aliphatic hydroxyl groups is 1. The molecule has 0 saturated carbocycles. The summed E-state index contributed by atoms with van der Waals surface area (Å²) in [4.78, 5) is 2.44. The minimum absolute atomic E-state index is 0.246. The maximum absolute atomic E-state index is 8.52. The van der Waals surface area contributed by atoms with E-state index in [4.69, 9.17) is 5.11 Å². The molecule has 2 N–H and O–H groups in total. The molecule has 0 amide bonds. The van der Waals surface area contributed by atoms with Crippen LogP contribution in [0.4, 0.5) is 0 Å². The zero-order valence-electron chi connectivity index (χ0n) is 9.05. The van der Waals surface area contributed by atoms with Gasteiger partial charge >= 0.3 is 0 Å². The van der Waals surface area contributed by atoms with Crippen molar-refractivity contribution in [1.82, 2.24) is 10.2 Å². The van der Waals surface area contributed by atoms with Crippen molar-refractivity contribution in [3.05, 3.63) is 0 Å². The van der Waals surface area contributed by atoms with Gasteiger partial charge in [-0.1, -0.05) is 13.8 Å². The van der Waals surface area contributed by atoms with Crippen molar-refractivity contribution in [2.75, 3.05) is 39.3 Å². The molecule has 0 aromatic rings. The molecule has 80 valence electrons. The van der Waals surface area contributed by atoms with Gasteiger partial charge in [0.15, 0.2) is 0 Å².